The van der Waals surface area contributed by atoms with Gasteiger partial charge in [-0.2, -0.15) is 0 Å². The zero-order chi connectivity index (χ0) is 10.4. The molecule has 1 N–H and O–H groups in total. The van der Waals surface area contributed by atoms with Gasteiger partial charge in [-0.15, -0.1) is 0 Å². The summed E-state index contributed by atoms with van der Waals surface area (Å²) in [5, 5.41) is 9.79. The van der Waals surface area contributed by atoms with Crippen molar-refractivity contribution in [2.45, 2.75) is 32.2 Å². The second-order valence-electron chi connectivity index (χ2n) is 3.19. The molecule has 0 heterocycles. The summed E-state index contributed by atoms with van der Waals surface area (Å²) in [6.45, 7) is 5.00. The Morgan fingerprint density at radius 3 is 2.64 bits per heavy atom. The number of aliphatic hydroxyl groups is 1. The molecule has 0 saturated carbocycles. The predicted octanol–water partition coefficient (Wildman–Crippen LogP) is 1.63. The minimum absolute atomic E-state index is 0.513. The molecule has 2 atom stereocenters. The Morgan fingerprint density at radius 1 is 1.29 bits per heavy atom. The topological polar surface area (TPSA) is 38.7 Å². The van der Waals surface area contributed by atoms with Crippen molar-refractivity contribution < 1.29 is 14.6 Å². The quantitative estimate of drug-likeness (QED) is 0.682. The van der Waals surface area contributed by atoms with Crippen LogP contribution in [0.2, 0.25) is 0 Å². The first-order valence-electron chi connectivity index (χ1n) is 5.07. The molecule has 14 heavy (non-hydrogen) atoms. The molecule has 1 aliphatic carbocycles. The molecular weight excluding hydrogens is 180 g/mol. The molecule has 80 valence electrons. The third-order valence-electron chi connectivity index (χ3n) is 2.05. The van der Waals surface area contributed by atoms with Gasteiger partial charge in [0.25, 0.3) is 0 Å². The van der Waals surface area contributed by atoms with Gasteiger partial charge >= 0.3 is 0 Å². The molecule has 0 aromatic heterocycles. The summed E-state index contributed by atoms with van der Waals surface area (Å²) in [5.74, 6) is -0.973. The van der Waals surface area contributed by atoms with Crippen LogP contribution in [0.1, 0.15) is 20.3 Å². The molecule has 1 rings (SSSR count). The Kier molecular flexibility index (Phi) is 4.32. The standard InChI is InChI=1S/C11H18O3/c1-3-9-14-11(13-4-2)8-6-5-7-10(11)12/h5-8,10,12H,3-4,9H2,1-2H3. The summed E-state index contributed by atoms with van der Waals surface area (Å²) >= 11 is 0. The van der Waals surface area contributed by atoms with Crippen LogP contribution in [0.3, 0.4) is 0 Å². The Bertz CT molecular complexity index is 223. The van der Waals surface area contributed by atoms with E-state index in [9.17, 15) is 5.11 Å². The predicted molar refractivity (Wildman–Crippen MR) is 54.9 cm³/mol. The maximum atomic E-state index is 9.79. The minimum Gasteiger partial charge on any atom is -0.383 e. The first-order chi connectivity index (χ1) is 6.75. The smallest absolute Gasteiger partial charge is 0.218 e. The van der Waals surface area contributed by atoms with Crippen molar-refractivity contribution in [3.8, 4) is 0 Å². The molecule has 0 amide bonds. The molecular formula is C11H18O3. The molecule has 0 saturated heterocycles. The number of ether oxygens (including phenoxy) is 2. The van der Waals surface area contributed by atoms with Crippen molar-refractivity contribution in [1.29, 1.82) is 0 Å². The molecule has 0 spiro atoms. The molecule has 0 bridgehead atoms. The number of rotatable bonds is 5. The van der Waals surface area contributed by atoms with Gasteiger partial charge in [-0.05, 0) is 19.4 Å². The van der Waals surface area contributed by atoms with Crippen molar-refractivity contribution in [2.75, 3.05) is 13.2 Å². The maximum absolute atomic E-state index is 9.79. The van der Waals surface area contributed by atoms with Crippen molar-refractivity contribution in [1.82, 2.24) is 0 Å². The molecule has 1 aliphatic rings. The van der Waals surface area contributed by atoms with Gasteiger partial charge in [0.2, 0.25) is 5.79 Å². The number of hydrogen-bond donors (Lipinski definition) is 1. The van der Waals surface area contributed by atoms with Crippen LogP contribution in [0.5, 0.6) is 0 Å². The van der Waals surface area contributed by atoms with Gasteiger partial charge in [0, 0.05) is 6.61 Å². The molecule has 3 heteroatoms. The van der Waals surface area contributed by atoms with E-state index in [1.165, 1.54) is 0 Å². The highest BCUT2D eigenvalue weighted by atomic mass is 16.7. The van der Waals surface area contributed by atoms with Gasteiger partial charge in [0.15, 0.2) is 0 Å². The van der Waals surface area contributed by atoms with E-state index in [2.05, 4.69) is 0 Å². The third kappa shape index (κ3) is 2.44. The highest BCUT2D eigenvalue weighted by Gasteiger charge is 2.37. The van der Waals surface area contributed by atoms with E-state index in [-0.39, 0.29) is 0 Å². The van der Waals surface area contributed by atoms with Gasteiger partial charge in [0.05, 0.1) is 6.61 Å². The van der Waals surface area contributed by atoms with E-state index in [4.69, 9.17) is 9.47 Å². The van der Waals surface area contributed by atoms with E-state index in [1.807, 2.05) is 19.9 Å². The van der Waals surface area contributed by atoms with Crippen LogP contribution in [0.15, 0.2) is 24.3 Å². The van der Waals surface area contributed by atoms with Crippen LogP contribution >= 0.6 is 0 Å². The average Bonchev–Trinajstić information content (AvgIpc) is 2.20. The SMILES string of the molecule is CCCOC1(OCC)C=CC=CC1O. The largest absolute Gasteiger partial charge is 0.383 e. The lowest BCUT2D eigenvalue weighted by Gasteiger charge is -2.34. The Hall–Kier alpha value is -0.640. The molecule has 0 aromatic carbocycles. The molecule has 0 radical (unpaired) electrons. The van der Waals surface area contributed by atoms with Gasteiger partial charge in [-0.3, -0.25) is 0 Å². The fourth-order valence-electron chi connectivity index (χ4n) is 1.39. The highest BCUT2D eigenvalue weighted by molar-refractivity contribution is 5.20. The highest BCUT2D eigenvalue weighted by Crippen LogP contribution is 2.24. The van der Waals surface area contributed by atoms with E-state index < -0.39 is 11.9 Å². The van der Waals surface area contributed by atoms with Crippen molar-refractivity contribution >= 4 is 0 Å². The Labute approximate surface area is 85.0 Å². The fourth-order valence-corrected chi connectivity index (χ4v) is 1.39. The van der Waals surface area contributed by atoms with E-state index in [1.54, 1.807) is 18.2 Å². The summed E-state index contributed by atoms with van der Waals surface area (Å²) < 4.78 is 11.0. The van der Waals surface area contributed by atoms with E-state index in [0.717, 1.165) is 6.42 Å². The molecule has 3 nitrogen and oxygen atoms in total. The normalized spacial score (nSPS) is 30.9. The van der Waals surface area contributed by atoms with Crippen LogP contribution in [-0.4, -0.2) is 30.2 Å². The van der Waals surface area contributed by atoms with Crippen LogP contribution in [0.4, 0.5) is 0 Å². The van der Waals surface area contributed by atoms with Gasteiger partial charge in [-0.25, -0.2) is 0 Å². The van der Waals surface area contributed by atoms with Gasteiger partial charge < -0.3 is 14.6 Å². The molecule has 0 aliphatic heterocycles. The third-order valence-corrected chi connectivity index (χ3v) is 2.05. The summed E-state index contributed by atoms with van der Waals surface area (Å²) in [7, 11) is 0. The zero-order valence-corrected chi connectivity index (χ0v) is 8.77. The first kappa shape index (κ1) is 11.4. The van der Waals surface area contributed by atoms with Gasteiger partial charge in [-0.1, -0.05) is 25.2 Å². The lowest BCUT2D eigenvalue weighted by Crippen LogP contribution is -2.46. The average molecular weight is 198 g/mol. The number of allylic oxidation sites excluding steroid dienone is 2. The molecule has 0 aromatic rings. The van der Waals surface area contributed by atoms with E-state index in [0.29, 0.717) is 13.2 Å². The van der Waals surface area contributed by atoms with Crippen LogP contribution < -0.4 is 0 Å². The van der Waals surface area contributed by atoms with Crippen LogP contribution in [-0.2, 0) is 9.47 Å². The maximum Gasteiger partial charge on any atom is 0.218 e. The lowest BCUT2D eigenvalue weighted by molar-refractivity contribution is -0.240. The van der Waals surface area contributed by atoms with E-state index >= 15 is 0 Å². The summed E-state index contributed by atoms with van der Waals surface area (Å²) in [5.41, 5.74) is 0. The van der Waals surface area contributed by atoms with Crippen LogP contribution in [0.25, 0.3) is 0 Å². The monoisotopic (exact) mass is 198 g/mol. The number of hydrogen-bond acceptors (Lipinski definition) is 3. The molecule has 2 unspecified atom stereocenters. The van der Waals surface area contributed by atoms with Crippen molar-refractivity contribution in [3.05, 3.63) is 24.3 Å². The summed E-state index contributed by atoms with van der Waals surface area (Å²) in [6, 6.07) is 0. The first-order valence-corrected chi connectivity index (χ1v) is 5.07. The fraction of sp³-hybridized carbons (Fsp3) is 0.636. The number of aliphatic hydroxyl groups excluding tert-OH is 1. The summed E-state index contributed by atoms with van der Waals surface area (Å²) in [6.07, 6.45) is 7.23. The zero-order valence-electron chi connectivity index (χ0n) is 8.77. The Balaban J connectivity index is 2.69. The second kappa shape index (κ2) is 5.29. The second-order valence-corrected chi connectivity index (χ2v) is 3.19. The van der Waals surface area contributed by atoms with Gasteiger partial charge in [0.1, 0.15) is 6.10 Å². The lowest BCUT2D eigenvalue weighted by atomic mass is 10.0. The van der Waals surface area contributed by atoms with Crippen LogP contribution in [0, 0.1) is 0 Å². The minimum atomic E-state index is -0.973. The van der Waals surface area contributed by atoms with Crippen molar-refractivity contribution in [2.24, 2.45) is 0 Å². The summed E-state index contributed by atoms with van der Waals surface area (Å²) in [4.78, 5) is 0. The molecule has 0 fully saturated rings. The van der Waals surface area contributed by atoms with Crippen molar-refractivity contribution in [3.63, 3.8) is 0 Å². The Morgan fingerprint density at radius 2 is 2.07 bits per heavy atom.